The minimum absolute atomic E-state index is 0.253. The number of nitriles is 1. The van der Waals surface area contributed by atoms with E-state index in [1.165, 1.54) is 0 Å². The highest BCUT2D eigenvalue weighted by molar-refractivity contribution is 9.10. The molecule has 2 N–H and O–H groups in total. The number of nitrogens with two attached hydrogens (primary N) is 1. The van der Waals surface area contributed by atoms with Crippen molar-refractivity contribution in [1.29, 1.82) is 5.26 Å². The second-order valence-electron chi connectivity index (χ2n) is 2.63. The van der Waals surface area contributed by atoms with Crippen molar-refractivity contribution in [3.63, 3.8) is 0 Å². The van der Waals surface area contributed by atoms with Gasteiger partial charge in [-0.05, 0) is 17.7 Å². The topological polar surface area (TPSA) is 49.8 Å². The van der Waals surface area contributed by atoms with Crippen molar-refractivity contribution in [1.82, 2.24) is 0 Å². The van der Waals surface area contributed by atoms with Crippen LogP contribution >= 0.6 is 27.5 Å². The lowest BCUT2D eigenvalue weighted by Gasteiger charge is -2.09. The van der Waals surface area contributed by atoms with Crippen molar-refractivity contribution < 1.29 is 0 Å². The van der Waals surface area contributed by atoms with Crippen molar-refractivity contribution in [3.8, 4) is 6.07 Å². The van der Waals surface area contributed by atoms with E-state index in [1.54, 1.807) is 12.1 Å². The molecule has 0 aliphatic carbocycles. The summed E-state index contributed by atoms with van der Waals surface area (Å²) in [7, 11) is 0. The van der Waals surface area contributed by atoms with Gasteiger partial charge in [-0.2, -0.15) is 5.26 Å². The van der Waals surface area contributed by atoms with Crippen LogP contribution in [0.4, 0.5) is 0 Å². The van der Waals surface area contributed by atoms with Crippen molar-refractivity contribution in [2.24, 2.45) is 5.73 Å². The van der Waals surface area contributed by atoms with E-state index < -0.39 is 0 Å². The lowest BCUT2D eigenvalue weighted by molar-refractivity contribution is 0.745. The first kappa shape index (κ1) is 10.5. The Bertz CT molecular complexity index is 346. The number of rotatable bonds is 2. The first-order valence-corrected chi connectivity index (χ1v) is 4.89. The summed E-state index contributed by atoms with van der Waals surface area (Å²) < 4.78 is 0.850. The van der Waals surface area contributed by atoms with Crippen LogP contribution in [0.25, 0.3) is 0 Å². The van der Waals surface area contributed by atoms with Gasteiger partial charge in [-0.3, -0.25) is 0 Å². The Hall–Kier alpha value is -0.560. The molecule has 0 saturated heterocycles. The minimum atomic E-state index is -0.253. The van der Waals surface area contributed by atoms with Gasteiger partial charge in [0, 0.05) is 15.5 Å². The average molecular weight is 260 g/mol. The van der Waals surface area contributed by atoms with Gasteiger partial charge < -0.3 is 5.73 Å². The highest BCUT2D eigenvalue weighted by Crippen LogP contribution is 2.26. The molecule has 2 nitrogen and oxygen atoms in total. The molecule has 0 aliphatic rings. The molecule has 68 valence electrons. The van der Waals surface area contributed by atoms with E-state index in [0.717, 1.165) is 10.0 Å². The van der Waals surface area contributed by atoms with Gasteiger partial charge in [-0.1, -0.05) is 33.6 Å². The standard InChI is InChI=1S/C9H8BrClN2/c10-8-5-6(11)1-2-7(8)9(13)3-4-12/h1-2,5,9H,3,13H2/t9-/m0/s1. The molecular weight excluding hydrogens is 251 g/mol. The van der Waals surface area contributed by atoms with Gasteiger partial charge in [0.2, 0.25) is 0 Å². The number of nitrogens with zero attached hydrogens (tertiary/aromatic N) is 1. The van der Waals surface area contributed by atoms with E-state index in [0.29, 0.717) is 11.4 Å². The molecule has 1 aromatic carbocycles. The monoisotopic (exact) mass is 258 g/mol. The molecule has 1 atom stereocenters. The van der Waals surface area contributed by atoms with Crippen LogP contribution in [0.5, 0.6) is 0 Å². The zero-order chi connectivity index (χ0) is 9.84. The van der Waals surface area contributed by atoms with E-state index in [-0.39, 0.29) is 6.04 Å². The number of benzene rings is 1. The lowest BCUT2D eigenvalue weighted by atomic mass is 10.1. The summed E-state index contributed by atoms with van der Waals surface area (Å²) in [6, 6.07) is 7.14. The SMILES string of the molecule is N#CC[C@H](N)c1ccc(Cl)cc1Br. The number of hydrogen-bond donors (Lipinski definition) is 1. The molecule has 1 aromatic rings. The van der Waals surface area contributed by atoms with Crippen molar-refractivity contribution in [2.45, 2.75) is 12.5 Å². The number of halogens is 2. The van der Waals surface area contributed by atoms with E-state index in [2.05, 4.69) is 15.9 Å². The Balaban J connectivity index is 2.96. The van der Waals surface area contributed by atoms with Gasteiger partial charge in [0.25, 0.3) is 0 Å². The van der Waals surface area contributed by atoms with Crippen molar-refractivity contribution >= 4 is 27.5 Å². The van der Waals surface area contributed by atoms with E-state index in [4.69, 9.17) is 22.6 Å². The zero-order valence-electron chi connectivity index (χ0n) is 6.80. The first-order valence-electron chi connectivity index (χ1n) is 3.72. The van der Waals surface area contributed by atoms with Crippen molar-refractivity contribution in [2.75, 3.05) is 0 Å². The Morgan fingerprint density at radius 1 is 1.62 bits per heavy atom. The van der Waals surface area contributed by atoms with Crippen LogP contribution in [0.15, 0.2) is 22.7 Å². The molecule has 0 bridgehead atoms. The summed E-state index contributed by atoms with van der Waals surface area (Å²) in [5, 5.41) is 9.12. The predicted molar refractivity (Wildman–Crippen MR) is 56.3 cm³/mol. The maximum atomic E-state index is 8.47. The highest BCUT2D eigenvalue weighted by Gasteiger charge is 2.09. The van der Waals surface area contributed by atoms with Gasteiger partial charge in [0.15, 0.2) is 0 Å². The Morgan fingerprint density at radius 2 is 2.31 bits per heavy atom. The smallest absolute Gasteiger partial charge is 0.0641 e. The Kier molecular flexibility index (Phi) is 3.73. The molecule has 0 amide bonds. The molecule has 1 rings (SSSR count). The highest BCUT2D eigenvalue weighted by atomic mass is 79.9. The summed E-state index contributed by atoms with van der Waals surface area (Å²) in [6.07, 6.45) is 0.306. The van der Waals surface area contributed by atoms with Crippen LogP contribution in [-0.4, -0.2) is 0 Å². The quantitative estimate of drug-likeness (QED) is 0.887. The van der Waals surface area contributed by atoms with Crippen molar-refractivity contribution in [3.05, 3.63) is 33.3 Å². The number of hydrogen-bond acceptors (Lipinski definition) is 2. The van der Waals surface area contributed by atoms with Gasteiger partial charge in [-0.15, -0.1) is 0 Å². The third-order valence-corrected chi connectivity index (χ3v) is 2.60. The molecule has 0 aromatic heterocycles. The molecule has 0 saturated carbocycles. The second-order valence-corrected chi connectivity index (χ2v) is 3.93. The third-order valence-electron chi connectivity index (χ3n) is 1.67. The van der Waals surface area contributed by atoms with E-state index >= 15 is 0 Å². The molecule has 0 unspecified atom stereocenters. The lowest BCUT2D eigenvalue weighted by Crippen LogP contribution is -2.09. The van der Waals surface area contributed by atoms with Crippen LogP contribution in [0.2, 0.25) is 5.02 Å². The molecular formula is C9H8BrClN2. The summed E-state index contributed by atoms with van der Waals surface area (Å²) in [5.74, 6) is 0. The van der Waals surface area contributed by atoms with Gasteiger partial charge in [0.1, 0.15) is 0 Å². The van der Waals surface area contributed by atoms with Gasteiger partial charge in [-0.25, -0.2) is 0 Å². The first-order chi connectivity index (χ1) is 6.15. The molecule has 0 fully saturated rings. The van der Waals surface area contributed by atoms with Crippen LogP contribution in [0.1, 0.15) is 18.0 Å². The molecule has 0 spiro atoms. The molecule has 13 heavy (non-hydrogen) atoms. The third kappa shape index (κ3) is 2.70. The maximum Gasteiger partial charge on any atom is 0.0641 e. The van der Waals surface area contributed by atoms with E-state index in [1.807, 2.05) is 12.1 Å². The van der Waals surface area contributed by atoms with Gasteiger partial charge >= 0.3 is 0 Å². The normalized spacial score (nSPS) is 12.2. The Morgan fingerprint density at radius 3 is 2.85 bits per heavy atom. The zero-order valence-corrected chi connectivity index (χ0v) is 9.14. The van der Waals surface area contributed by atoms with Crippen LogP contribution in [0.3, 0.4) is 0 Å². The fourth-order valence-corrected chi connectivity index (χ4v) is 1.99. The maximum absolute atomic E-state index is 8.47. The summed E-state index contributed by atoms with van der Waals surface area (Å²) in [6.45, 7) is 0. The molecule has 0 aliphatic heterocycles. The molecule has 4 heteroatoms. The van der Waals surface area contributed by atoms with E-state index in [9.17, 15) is 0 Å². The molecule has 0 radical (unpaired) electrons. The predicted octanol–water partition coefficient (Wildman–Crippen LogP) is 3.02. The second kappa shape index (κ2) is 4.61. The van der Waals surface area contributed by atoms with Crippen LogP contribution < -0.4 is 5.73 Å². The Labute approximate surface area is 90.4 Å². The minimum Gasteiger partial charge on any atom is -0.323 e. The molecule has 0 heterocycles. The van der Waals surface area contributed by atoms with Gasteiger partial charge in [0.05, 0.1) is 12.5 Å². The summed E-state index contributed by atoms with van der Waals surface area (Å²) in [5.41, 5.74) is 6.67. The summed E-state index contributed by atoms with van der Waals surface area (Å²) in [4.78, 5) is 0. The fraction of sp³-hybridized carbons (Fsp3) is 0.222. The fourth-order valence-electron chi connectivity index (χ4n) is 1.01. The summed E-state index contributed by atoms with van der Waals surface area (Å²) >= 11 is 9.11. The van der Waals surface area contributed by atoms with Crippen LogP contribution in [-0.2, 0) is 0 Å². The largest absolute Gasteiger partial charge is 0.323 e. The van der Waals surface area contributed by atoms with Crippen LogP contribution in [0, 0.1) is 11.3 Å². The average Bonchev–Trinajstić information content (AvgIpc) is 2.04.